The van der Waals surface area contributed by atoms with E-state index in [1.165, 1.54) is 0 Å². The van der Waals surface area contributed by atoms with Crippen LogP contribution in [0.25, 0.3) is 33.1 Å². The predicted octanol–water partition coefficient (Wildman–Crippen LogP) is 1.04. The van der Waals surface area contributed by atoms with Gasteiger partial charge < -0.3 is 20.9 Å². The van der Waals surface area contributed by atoms with E-state index in [2.05, 4.69) is 57.1 Å². The Morgan fingerprint density at radius 1 is 0.875 bits per heavy atom. The molecule has 0 N–H and O–H groups in total. The number of alkyl halides is 2. The van der Waals surface area contributed by atoms with Gasteiger partial charge in [0, 0.05) is 57.8 Å². The molecule has 0 amide bonds. The molecule has 13 nitrogen and oxygen atoms in total. The summed E-state index contributed by atoms with van der Waals surface area (Å²) in [6, 6.07) is 7.06. The van der Waals surface area contributed by atoms with E-state index in [9.17, 15) is 8.78 Å². The molecule has 5 heterocycles. The first-order chi connectivity index (χ1) is 25.1. The number of nitrogens with zero attached hydrogens (tertiary/aromatic N) is 8. The van der Waals surface area contributed by atoms with Gasteiger partial charge in [-0.3, -0.25) is 23.5 Å². The fraction of sp³-hybridized carbons (Fsp3) is 0.364. The van der Waals surface area contributed by atoms with Crippen molar-refractivity contribution in [1.82, 2.24) is 39.1 Å². The van der Waals surface area contributed by atoms with Gasteiger partial charge in [-0.15, -0.1) is 23.2 Å². The molecule has 1 fully saturated rings. The van der Waals surface area contributed by atoms with E-state index in [4.69, 9.17) is 42.6 Å². The van der Waals surface area contributed by atoms with Gasteiger partial charge in [-0.25, -0.2) is 8.78 Å². The van der Waals surface area contributed by atoms with Crippen LogP contribution in [0, 0.1) is 15.3 Å². The minimum absolute atomic E-state index is 0. The summed E-state index contributed by atoms with van der Waals surface area (Å²) in [6.07, 6.45) is 7.20. The molecule has 56 heavy (non-hydrogen) atoms. The number of aryl methyl sites for hydroxylation is 4. The van der Waals surface area contributed by atoms with Gasteiger partial charge in [0.15, 0.2) is 0 Å². The number of carbonyl (C=O) groups excluding carboxylic acids is 1. The second-order valence-electron chi connectivity index (χ2n) is 12.5. The van der Waals surface area contributed by atoms with Crippen molar-refractivity contribution in [2.75, 3.05) is 0 Å². The van der Waals surface area contributed by atoms with Crippen LogP contribution in [0.4, 0.5) is 8.78 Å². The quantitative estimate of drug-likeness (QED) is 0.0636. The Bertz CT molecular complexity index is 2200. The van der Waals surface area contributed by atoms with E-state index < -0.39 is 0 Å². The first-order valence-electron chi connectivity index (χ1n) is 15.8. The smallest absolute Gasteiger partial charge is 1.00 e. The van der Waals surface area contributed by atoms with Crippen LogP contribution in [-0.4, -0.2) is 68.8 Å². The Kier molecular flexibility index (Phi) is 23.7. The van der Waals surface area contributed by atoms with Crippen molar-refractivity contribution < 1.29 is 137 Å². The molecule has 0 unspecified atom stereocenters. The van der Waals surface area contributed by atoms with Crippen LogP contribution in [0.15, 0.2) is 58.0 Å². The van der Waals surface area contributed by atoms with Crippen LogP contribution < -0.4 is 113 Å². The molecule has 1 aliphatic heterocycles. The predicted molar refractivity (Wildman–Crippen MR) is 220 cm³/mol. The van der Waals surface area contributed by atoms with Crippen LogP contribution in [0.1, 0.15) is 36.0 Å². The van der Waals surface area contributed by atoms with Gasteiger partial charge in [-0.1, -0.05) is 0 Å². The number of hydrogen-bond acceptors (Lipinski definition) is 9. The molecule has 0 spiro atoms. The summed E-state index contributed by atoms with van der Waals surface area (Å²) in [4.78, 5) is 11.0. The van der Waals surface area contributed by atoms with E-state index in [1.54, 1.807) is 64.3 Å². The van der Waals surface area contributed by atoms with Crippen LogP contribution in [0.2, 0.25) is 0 Å². The molecular formula is C33H38BBr2Cl2F2IK2N8O5. The van der Waals surface area contributed by atoms with Crippen LogP contribution >= 0.6 is 77.7 Å². The standard InChI is InChI=1S/C12H10BrFN4.C10H17BN2O2.C8H5BrFIN2.C2H4Cl2.CH2O3.2K.H/c1-17-6-7(5-15-17)12-10-9(18(2)16-12)4-3-8(13)11(10)14;1-9(2)10(3,4)15-11(14-9)8-6-12-13(5)7-8;1-13-5-3-2-4(9)7(10)6(5)8(11)12-13;1-2(3)4;2-1-4-3;;;/h3-6H,1-2H3;6-7H,1-5H3;2-3H,1H3;2H,1H3;1,3H;;;/q;;;;;2*+1;-1/p-1. The monoisotopic (exact) mass is 1110 g/mol. The number of fused-ring (bicyclic) bond motifs is 2. The molecule has 294 valence electrons. The van der Waals surface area contributed by atoms with Gasteiger partial charge in [-0.05, 0) is 113 Å². The Balaban J connectivity index is 0.000000742. The van der Waals surface area contributed by atoms with Crippen molar-refractivity contribution in [2.45, 2.75) is 50.7 Å². The summed E-state index contributed by atoms with van der Waals surface area (Å²) in [7, 11) is 7.01. The third-order valence-electron chi connectivity index (χ3n) is 8.04. The van der Waals surface area contributed by atoms with Crippen LogP contribution in [-0.2, 0) is 47.2 Å². The molecule has 0 saturated carbocycles. The number of hydrogen-bond donors (Lipinski definition) is 0. The number of carbonyl (C=O) groups is 1. The summed E-state index contributed by atoms with van der Waals surface area (Å²) in [5.74, 6) is -0.533. The fourth-order valence-corrected chi connectivity index (χ4v) is 6.32. The first kappa shape index (κ1) is 54.6. The van der Waals surface area contributed by atoms with Crippen molar-refractivity contribution in [1.29, 1.82) is 0 Å². The Labute approximate surface area is 451 Å². The number of halogens is 7. The second-order valence-corrected chi connectivity index (χ2v) is 16.8. The number of aromatic nitrogens is 8. The Morgan fingerprint density at radius 3 is 1.73 bits per heavy atom. The largest absolute Gasteiger partial charge is 1.00 e. The Morgan fingerprint density at radius 2 is 1.30 bits per heavy atom. The molecule has 1 saturated heterocycles. The minimum Gasteiger partial charge on any atom is -1.00 e. The van der Waals surface area contributed by atoms with Gasteiger partial charge in [-0.2, -0.15) is 20.4 Å². The molecule has 6 aromatic rings. The molecule has 4 aromatic heterocycles. The van der Waals surface area contributed by atoms with Crippen molar-refractivity contribution in [3.05, 3.63) is 73.3 Å². The van der Waals surface area contributed by atoms with Gasteiger partial charge in [0.05, 0.1) is 48.2 Å². The SMILES string of the molecule is CC(Cl)Cl.Cn1cc(-c2nn(C)c3ccc(Br)c(F)c23)cn1.Cn1cc(B2OC(C)(C)C(C)(C)O2)cn1.Cn1nc(I)c2c(F)c(Br)ccc21.O=CO[O-].[H-].[K+].[K+]. The molecule has 0 radical (unpaired) electrons. The van der Waals surface area contributed by atoms with E-state index in [0.717, 1.165) is 22.1 Å². The third-order valence-corrected chi connectivity index (χ3v) is 10.0. The molecule has 0 aliphatic carbocycles. The maximum atomic E-state index is 14.2. The summed E-state index contributed by atoms with van der Waals surface area (Å²) in [5.41, 5.74) is 3.39. The fourth-order valence-electron chi connectivity index (χ4n) is 4.82. The average Bonchev–Trinajstić information content (AvgIpc) is 3.89. The summed E-state index contributed by atoms with van der Waals surface area (Å²) in [6.45, 7) is 9.70. The molecule has 1 aliphatic rings. The average molecular weight is 1110 g/mol. The maximum absolute atomic E-state index is 14.2. The van der Waals surface area contributed by atoms with Gasteiger partial charge in [0.2, 0.25) is 0 Å². The zero-order valence-corrected chi connectivity index (χ0v) is 45.7. The van der Waals surface area contributed by atoms with Crippen molar-refractivity contribution >= 4 is 119 Å². The summed E-state index contributed by atoms with van der Waals surface area (Å²) < 4.78 is 48.0. The van der Waals surface area contributed by atoms with E-state index in [1.807, 2.05) is 88.9 Å². The van der Waals surface area contributed by atoms with E-state index in [-0.39, 0.29) is 145 Å². The first-order valence-corrected chi connectivity index (χ1v) is 19.3. The summed E-state index contributed by atoms with van der Waals surface area (Å²) in [5, 5.41) is 26.2. The zero-order chi connectivity index (χ0) is 40.7. The summed E-state index contributed by atoms with van der Waals surface area (Å²) >= 11 is 18.5. The zero-order valence-electron chi connectivity index (χ0n) is 33.6. The molecule has 7 rings (SSSR count). The maximum Gasteiger partial charge on any atom is 1.00 e. The van der Waals surface area contributed by atoms with E-state index >= 15 is 0 Å². The van der Waals surface area contributed by atoms with Crippen molar-refractivity contribution in [2.24, 2.45) is 28.2 Å². The number of benzene rings is 2. The topological polar surface area (TPSA) is 139 Å². The van der Waals surface area contributed by atoms with Crippen LogP contribution in [0.5, 0.6) is 0 Å². The second kappa shape index (κ2) is 24.3. The van der Waals surface area contributed by atoms with E-state index in [0.29, 0.717) is 29.1 Å². The third kappa shape index (κ3) is 14.3. The van der Waals surface area contributed by atoms with Crippen molar-refractivity contribution in [3.63, 3.8) is 0 Å². The minimum atomic E-state index is -0.302. The normalized spacial score (nSPS) is 13.5. The molecule has 0 bridgehead atoms. The number of rotatable bonds is 3. The molecule has 23 heteroatoms. The molecule has 2 aromatic carbocycles. The van der Waals surface area contributed by atoms with Gasteiger partial charge in [0.1, 0.15) is 25.9 Å². The van der Waals surface area contributed by atoms with Crippen LogP contribution in [0.3, 0.4) is 0 Å². The Hall–Kier alpha value is 0.618. The molecular weight excluding hydrogens is 1070 g/mol. The van der Waals surface area contributed by atoms with Crippen molar-refractivity contribution in [3.8, 4) is 11.3 Å². The molecule has 0 atom stereocenters. The van der Waals surface area contributed by atoms with Gasteiger partial charge >= 0.3 is 110 Å². The van der Waals surface area contributed by atoms with Gasteiger partial charge in [0.25, 0.3) is 6.47 Å².